The Hall–Kier alpha value is -4.43. The number of hydrogen-bond donors (Lipinski definition) is 3. The van der Waals surface area contributed by atoms with Gasteiger partial charge in [-0.3, -0.25) is 19.9 Å². The minimum Gasteiger partial charge on any atom is -0.493 e. The number of para-hydroxylation sites is 1. The quantitative estimate of drug-likeness (QED) is 0.127. The van der Waals surface area contributed by atoms with Crippen LogP contribution < -0.4 is 10.2 Å². The van der Waals surface area contributed by atoms with E-state index >= 15 is 0 Å². The molecule has 0 radical (unpaired) electrons. The van der Waals surface area contributed by atoms with Gasteiger partial charge in [-0.1, -0.05) is 60.7 Å². The number of carbonyl (C=O) groups is 2. The number of hydrogen-bond acceptors (Lipinski definition) is 5. The Morgan fingerprint density at radius 2 is 1.71 bits per heavy atom. The largest absolute Gasteiger partial charge is 0.493 e. The van der Waals surface area contributed by atoms with E-state index < -0.39 is 12.4 Å². The number of aromatic nitrogens is 2. The second kappa shape index (κ2) is 13.8. The van der Waals surface area contributed by atoms with Crippen LogP contribution in [0, 0.1) is 0 Å². The summed E-state index contributed by atoms with van der Waals surface area (Å²) in [4.78, 5) is 26.5. The molecule has 8 nitrogen and oxygen atoms in total. The van der Waals surface area contributed by atoms with Gasteiger partial charge >= 0.3 is 0 Å². The molecule has 0 saturated carbocycles. The zero-order valence-corrected chi connectivity index (χ0v) is 21.0. The first-order valence-electron chi connectivity index (χ1n) is 13.2. The average molecular weight is 514 g/mol. The Kier molecular flexibility index (Phi) is 9.14. The Bertz CT molecular complexity index is 1330. The van der Waals surface area contributed by atoms with E-state index in [1.165, 1.54) is 4.90 Å². The van der Waals surface area contributed by atoms with Gasteiger partial charge < -0.3 is 9.64 Å². The monoisotopic (exact) mass is 513 g/mol. The molecular formula is C30H32N4O4. The Morgan fingerprint density at radius 3 is 2.45 bits per heavy atom. The zero-order valence-electron chi connectivity index (χ0n) is 22.0. The standard InChI is InChI=1S/C30H32N4O4/c35-29(33-37)13-5-2-8-18-38-28-12-7-6-11-26(28)22-34(21-23-9-3-1-4-10-23)30(36)25-16-14-24(15-17-25)27-19-31-32-20-27/h1,3-4,6-7,9-12,14-17,19-20,37H,2,5,8,13,18,21-22H2,(H,31,32)(H,33,35)/i21D. The first-order chi connectivity index (χ1) is 19.1. The number of amides is 2. The molecule has 1 aromatic heterocycles. The van der Waals surface area contributed by atoms with Gasteiger partial charge in [0.05, 0.1) is 14.2 Å². The molecule has 0 saturated heterocycles. The van der Waals surface area contributed by atoms with Gasteiger partial charge in [0.15, 0.2) is 0 Å². The molecule has 0 aliphatic carbocycles. The van der Waals surface area contributed by atoms with E-state index in [4.69, 9.17) is 11.3 Å². The lowest BCUT2D eigenvalue weighted by Crippen LogP contribution is -2.30. The maximum Gasteiger partial charge on any atom is 0.254 e. The molecule has 1 heterocycles. The van der Waals surface area contributed by atoms with Crippen molar-refractivity contribution in [2.45, 2.75) is 38.7 Å². The number of benzene rings is 3. The summed E-state index contributed by atoms with van der Waals surface area (Å²) in [6.45, 7) is -0.277. The molecule has 0 spiro atoms. The lowest BCUT2D eigenvalue weighted by Gasteiger charge is -2.24. The van der Waals surface area contributed by atoms with E-state index in [1.807, 2.05) is 66.7 Å². The summed E-state index contributed by atoms with van der Waals surface area (Å²) in [5.74, 6) is -0.000895. The number of ether oxygens (including phenoxy) is 1. The van der Waals surface area contributed by atoms with Gasteiger partial charge in [-0.05, 0) is 48.6 Å². The van der Waals surface area contributed by atoms with E-state index in [0.29, 0.717) is 29.9 Å². The van der Waals surface area contributed by atoms with Gasteiger partial charge in [-0.25, -0.2) is 5.48 Å². The molecule has 3 N–H and O–H groups in total. The third kappa shape index (κ3) is 7.54. The summed E-state index contributed by atoms with van der Waals surface area (Å²) >= 11 is 0. The van der Waals surface area contributed by atoms with Crippen molar-refractivity contribution < 1.29 is 20.9 Å². The highest BCUT2D eigenvalue weighted by molar-refractivity contribution is 5.94. The highest BCUT2D eigenvalue weighted by Gasteiger charge is 2.19. The van der Waals surface area contributed by atoms with Crippen molar-refractivity contribution in [3.05, 3.63) is 108 Å². The number of carbonyl (C=O) groups excluding carboxylic acids is 2. The molecular weight excluding hydrogens is 480 g/mol. The van der Waals surface area contributed by atoms with Crippen LogP contribution in [0.4, 0.5) is 0 Å². The molecule has 0 bridgehead atoms. The predicted molar refractivity (Wildman–Crippen MR) is 144 cm³/mol. The Labute approximate surface area is 223 Å². The molecule has 38 heavy (non-hydrogen) atoms. The molecule has 1 unspecified atom stereocenters. The van der Waals surface area contributed by atoms with Crippen LogP contribution in [0.1, 0.15) is 48.5 Å². The van der Waals surface area contributed by atoms with Crippen LogP contribution in [0.25, 0.3) is 11.1 Å². The van der Waals surface area contributed by atoms with E-state index in [1.54, 1.807) is 30.0 Å². The molecule has 0 aliphatic heterocycles. The van der Waals surface area contributed by atoms with Crippen molar-refractivity contribution in [1.82, 2.24) is 20.6 Å². The number of H-pyrrole nitrogens is 1. The SMILES string of the molecule is [2H]C(c1ccccc1)N(Cc1ccccc1OCCCCCC(=O)NO)C(=O)c1ccc(-c2cn[nH]c2)cc1. The van der Waals surface area contributed by atoms with Crippen LogP contribution in [0.5, 0.6) is 5.75 Å². The number of nitrogens with one attached hydrogen (secondary N) is 2. The van der Waals surface area contributed by atoms with E-state index in [0.717, 1.165) is 29.5 Å². The summed E-state index contributed by atoms with van der Waals surface area (Å²) in [7, 11) is 0. The molecule has 4 rings (SSSR count). The van der Waals surface area contributed by atoms with Crippen LogP contribution >= 0.6 is 0 Å². The minimum atomic E-state index is -0.919. The van der Waals surface area contributed by atoms with Gasteiger partial charge in [0.2, 0.25) is 5.91 Å². The smallest absolute Gasteiger partial charge is 0.254 e. The van der Waals surface area contributed by atoms with Crippen LogP contribution in [0.2, 0.25) is 0 Å². The third-order valence-electron chi connectivity index (χ3n) is 6.07. The third-order valence-corrected chi connectivity index (χ3v) is 6.07. The van der Waals surface area contributed by atoms with E-state index in [-0.39, 0.29) is 18.9 Å². The van der Waals surface area contributed by atoms with Gasteiger partial charge in [0.25, 0.3) is 5.91 Å². The topological polar surface area (TPSA) is 108 Å². The number of nitrogens with zero attached hydrogens (tertiary/aromatic N) is 2. The zero-order chi connectivity index (χ0) is 27.5. The molecule has 0 aliphatic rings. The van der Waals surface area contributed by atoms with Gasteiger partial charge in [0.1, 0.15) is 5.75 Å². The normalized spacial score (nSPS) is 11.9. The number of aromatic amines is 1. The summed E-state index contributed by atoms with van der Waals surface area (Å²) < 4.78 is 15.0. The van der Waals surface area contributed by atoms with Gasteiger partial charge in [0, 0.05) is 42.4 Å². The fourth-order valence-electron chi connectivity index (χ4n) is 4.04. The molecule has 2 amide bonds. The van der Waals surface area contributed by atoms with Gasteiger partial charge in [-0.2, -0.15) is 5.10 Å². The van der Waals surface area contributed by atoms with Crippen molar-refractivity contribution in [2.24, 2.45) is 0 Å². The summed E-state index contributed by atoms with van der Waals surface area (Å²) in [5, 5.41) is 15.4. The number of rotatable bonds is 13. The van der Waals surface area contributed by atoms with Crippen molar-refractivity contribution in [1.29, 1.82) is 0 Å². The minimum absolute atomic E-state index is 0.193. The molecule has 3 aromatic carbocycles. The highest BCUT2D eigenvalue weighted by atomic mass is 16.5. The maximum absolute atomic E-state index is 13.8. The lowest BCUT2D eigenvalue weighted by molar-refractivity contribution is -0.129. The first-order valence-corrected chi connectivity index (χ1v) is 12.6. The van der Waals surface area contributed by atoms with Crippen LogP contribution in [-0.4, -0.2) is 38.7 Å². The average Bonchev–Trinajstić information content (AvgIpc) is 3.53. The lowest BCUT2D eigenvalue weighted by atomic mass is 10.1. The molecule has 8 heteroatoms. The first kappa shape index (κ1) is 25.2. The van der Waals surface area contributed by atoms with E-state index in [2.05, 4.69) is 10.2 Å². The predicted octanol–water partition coefficient (Wildman–Crippen LogP) is 5.36. The van der Waals surface area contributed by atoms with Crippen molar-refractivity contribution in [3.8, 4) is 16.9 Å². The number of unbranched alkanes of at least 4 members (excludes halogenated alkanes) is 2. The van der Waals surface area contributed by atoms with Crippen molar-refractivity contribution >= 4 is 11.8 Å². The Balaban J connectivity index is 1.50. The molecule has 1 atom stereocenters. The van der Waals surface area contributed by atoms with Crippen LogP contribution in [0.15, 0.2) is 91.3 Å². The molecule has 196 valence electrons. The molecule has 0 fully saturated rings. The fraction of sp³-hybridized carbons (Fsp3) is 0.233. The second-order valence-electron chi connectivity index (χ2n) is 8.84. The summed E-state index contributed by atoms with van der Waals surface area (Å²) in [6, 6.07) is 24.1. The second-order valence-corrected chi connectivity index (χ2v) is 8.84. The van der Waals surface area contributed by atoms with Crippen LogP contribution in [0.3, 0.4) is 0 Å². The van der Waals surface area contributed by atoms with Gasteiger partial charge in [-0.15, -0.1) is 0 Å². The summed E-state index contributed by atoms with van der Waals surface area (Å²) in [6.07, 6.45) is 5.94. The maximum atomic E-state index is 13.8. The van der Waals surface area contributed by atoms with E-state index in [9.17, 15) is 9.59 Å². The molecule has 4 aromatic rings. The van der Waals surface area contributed by atoms with Crippen LogP contribution in [-0.2, 0) is 17.9 Å². The summed E-state index contributed by atoms with van der Waals surface area (Å²) in [5.41, 5.74) is 5.50. The fourth-order valence-corrected chi connectivity index (χ4v) is 4.04. The number of hydroxylamine groups is 1. The highest BCUT2D eigenvalue weighted by Crippen LogP contribution is 2.24. The van der Waals surface area contributed by atoms with Crippen molar-refractivity contribution in [2.75, 3.05) is 6.61 Å². The Morgan fingerprint density at radius 1 is 0.947 bits per heavy atom. The van der Waals surface area contributed by atoms with Crippen molar-refractivity contribution in [3.63, 3.8) is 0 Å².